The van der Waals surface area contributed by atoms with Crippen molar-refractivity contribution in [2.45, 2.75) is 6.92 Å². The molecule has 2 N–H and O–H groups in total. The second-order valence-electron chi connectivity index (χ2n) is 5.36. The maximum atomic E-state index is 12.5. The van der Waals surface area contributed by atoms with E-state index in [1.54, 1.807) is 28.0 Å². The van der Waals surface area contributed by atoms with Gasteiger partial charge in [0.2, 0.25) is 5.91 Å². The first-order chi connectivity index (χ1) is 10.5. The summed E-state index contributed by atoms with van der Waals surface area (Å²) in [5.74, 6) is -0.313. The number of nitrogens with two attached hydrogens (primary N) is 1. The van der Waals surface area contributed by atoms with Crippen molar-refractivity contribution in [1.82, 2.24) is 9.80 Å². The lowest BCUT2D eigenvalue weighted by molar-refractivity contribution is -0.136. The fraction of sp³-hybridized carbons (Fsp3) is 0.467. The predicted octanol–water partition coefficient (Wildman–Crippen LogP) is 1.87. The van der Waals surface area contributed by atoms with Crippen LogP contribution in [-0.4, -0.2) is 54.3 Å². The van der Waals surface area contributed by atoms with Gasteiger partial charge in [-0.3, -0.25) is 9.59 Å². The number of nitrogens with zero attached hydrogens (tertiary/aromatic N) is 2. The summed E-state index contributed by atoms with van der Waals surface area (Å²) in [5.41, 5.74) is 5.92. The zero-order valence-electron chi connectivity index (χ0n) is 12.4. The lowest BCUT2D eigenvalue weighted by atomic mass is 10.1. The third kappa shape index (κ3) is 3.54. The van der Waals surface area contributed by atoms with Crippen molar-refractivity contribution in [2.75, 3.05) is 32.7 Å². The summed E-state index contributed by atoms with van der Waals surface area (Å²) in [6.07, 6.45) is 0. The van der Waals surface area contributed by atoms with E-state index in [1.165, 1.54) is 0 Å². The molecular weight excluding hydrogens is 325 g/mol. The standard InChI is InChI=1S/C15H19Cl2N3O2/c1-10(9-18)14(21)19-5-7-20(8-6-19)15(22)11-3-2-4-12(16)13(11)17/h2-4,10H,5-9,18H2,1H3. The van der Waals surface area contributed by atoms with Gasteiger partial charge in [-0.1, -0.05) is 36.2 Å². The zero-order chi connectivity index (χ0) is 16.3. The number of halogens is 2. The number of hydrogen-bond acceptors (Lipinski definition) is 3. The average molecular weight is 344 g/mol. The fourth-order valence-corrected chi connectivity index (χ4v) is 2.76. The average Bonchev–Trinajstić information content (AvgIpc) is 2.55. The van der Waals surface area contributed by atoms with Crippen molar-refractivity contribution in [2.24, 2.45) is 11.7 Å². The second kappa shape index (κ2) is 7.31. The molecule has 1 fully saturated rings. The normalized spacial score (nSPS) is 16.5. The summed E-state index contributed by atoms with van der Waals surface area (Å²) in [6.45, 7) is 4.11. The monoisotopic (exact) mass is 343 g/mol. The molecule has 0 radical (unpaired) electrons. The summed E-state index contributed by atoms with van der Waals surface area (Å²) in [7, 11) is 0. The van der Waals surface area contributed by atoms with E-state index in [-0.39, 0.29) is 22.8 Å². The van der Waals surface area contributed by atoms with Crippen LogP contribution in [0.4, 0.5) is 0 Å². The van der Waals surface area contributed by atoms with E-state index in [2.05, 4.69) is 0 Å². The molecule has 1 heterocycles. The Bertz CT molecular complexity index is 572. The summed E-state index contributed by atoms with van der Waals surface area (Å²) in [5, 5.41) is 0.627. The van der Waals surface area contributed by atoms with Gasteiger partial charge in [-0.25, -0.2) is 0 Å². The lowest BCUT2D eigenvalue weighted by Crippen LogP contribution is -2.52. The molecule has 1 aliphatic heterocycles. The minimum atomic E-state index is -0.190. The first-order valence-electron chi connectivity index (χ1n) is 7.17. The Morgan fingerprint density at radius 3 is 2.36 bits per heavy atom. The van der Waals surface area contributed by atoms with Crippen LogP contribution in [0.1, 0.15) is 17.3 Å². The molecule has 1 saturated heterocycles. The van der Waals surface area contributed by atoms with Crippen molar-refractivity contribution in [1.29, 1.82) is 0 Å². The Labute approximate surface area is 139 Å². The maximum Gasteiger partial charge on any atom is 0.255 e. The van der Waals surface area contributed by atoms with Crippen molar-refractivity contribution < 1.29 is 9.59 Å². The summed E-state index contributed by atoms with van der Waals surface area (Å²) in [6, 6.07) is 5.00. The van der Waals surface area contributed by atoms with E-state index in [4.69, 9.17) is 28.9 Å². The van der Waals surface area contributed by atoms with Crippen LogP contribution >= 0.6 is 23.2 Å². The van der Waals surface area contributed by atoms with Crippen LogP contribution in [0, 0.1) is 5.92 Å². The van der Waals surface area contributed by atoms with Gasteiger partial charge in [0.1, 0.15) is 0 Å². The fourth-order valence-electron chi connectivity index (χ4n) is 2.38. The van der Waals surface area contributed by atoms with E-state index < -0.39 is 0 Å². The number of hydrogen-bond donors (Lipinski definition) is 1. The quantitative estimate of drug-likeness (QED) is 0.910. The number of rotatable bonds is 3. The molecule has 0 aliphatic carbocycles. The zero-order valence-corrected chi connectivity index (χ0v) is 13.9. The predicted molar refractivity (Wildman–Crippen MR) is 87.2 cm³/mol. The van der Waals surface area contributed by atoms with Gasteiger partial charge >= 0.3 is 0 Å². The molecule has 1 atom stereocenters. The van der Waals surface area contributed by atoms with Crippen LogP contribution in [0.5, 0.6) is 0 Å². The molecule has 120 valence electrons. The van der Waals surface area contributed by atoms with Crippen LogP contribution < -0.4 is 5.73 Å². The molecule has 2 amide bonds. The Morgan fingerprint density at radius 1 is 1.18 bits per heavy atom. The first kappa shape index (κ1) is 17.1. The number of carbonyl (C=O) groups is 2. The van der Waals surface area contributed by atoms with Crippen molar-refractivity contribution in [3.63, 3.8) is 0 Å². The second-order valence-corrected chi connectivity index (χ2v) is 6.14. The molecule has 0 spiro atoms. The molecule has 1 aliphatic rings. The smallest absolute Gasteiger partial charge is 0.255 e. The Hall–Kier alpha value is -1.30. The van der Waals surface area contributed by atoms with E-state index >= 15 is 0 Å². The Morgan fingerprint density at radius 2 is 1.77 bits per heavy atom. The van der Waals surface area contributed by atoms with Crippen LogP contribution in [0.2, 0.25) is 10.0 Å². The van der Waals surface area contributed by atoms with Gasteiger partial charge < -0.3 is 15.5 Å². The highest BCUT2D eigenvalue weighted by Crippen LogP contribution is 2.26. The molecule has 0 aromatic heterocycles. The Kier molecular flexibility index (Phi) is 5.67. The van der Waals surface area contributed by atoms with Crippen LogP contribution in [0.3, 0.4) is 0 Å². The lowest BCUT2D eigenvalue weighted by Gasteiger charge is -2.36. The number of amides is 2. The Balaban J connectivity index is 2.01. The first-order valence-corrected chi connectivity index (χ1v) is 7.93. The summed E-state index contributed by atoms with van der Waals surface area (Å²) < 4.78 is 0. The van der Waals surface area contributed by atoms with E-state index in [9.17, 15) is 9.59 Å². The van der Waals surface area contributed by atoms with Crippen LogP contribution in [0.25, 0.3) is 0 Å². The van der Waals surface area contributed by atoms with E-state index in [1.807, 2.05) is 6.92 Å². The molecule has 0 saturated carbocycles. The highest BCUT2D eigenvalue weighted by atomic mass is 35.5. The molecule has 1 unspecified atom stereocenters. The molecule has 0 bridgehead atoms. The van der Waals surface area contributed by atoms with Gasteiger partial charge in [-0.15, -0.1) is 0 Å². The molecule has 1 aromatic rings. The van der Waals surface area contributed by atoms with Crippen molar-refractivity contribution >= 4 is 35.0 Å². The van der Waals surface area contributed by atoms with Gasteiger partial charge in [0.25, 0.3) is 5.91 Å². The minimum Gasteiger partial charge on any atom is -0.339 e. The maximum absolute atomic E-state index is 12.5. The van der Waals surface area contributed by atoms with E-state index in [0.29, 0.717) is 43.3 Å². The molecule has 5 nitrogen and oxygen atoms in total. The van der Waals surface area contributed by atoms with Crippen molar-refractivity contribution in [3.05, 3.63) is 33.8 Å². The number of benzene rings is 1. The molecule has 7 heteroatoms. The highest BCUT2D eigenvalue weighted by Gasteiger charge is 2.27. The third-order valence-electron chi connectivity index (χ3n) is 3.84. The molecule has 1 aromatic carbocycles. The van der Waals surface area contributed by atoms with Gasteiger partial charge in [-0.2, -0.15) is 0 Å². The molecule has 2 rings (SSSR count). The third-order valence-corrected chi connectivity index (χ3v) is 4.65. The number of carbonyl (C=O) groups excluding carboxylic acids is 2. The van der Waals surface area contributed by atoms with Gasteiger partial charge in [0, 0.05) is 38.6 Å². The van der Waals surface area contributed by atoms with Gasteiger partial charge in [-0.05, 0) is 12.1 Å². The largest absolute Gasteiger partial charge is 0.339 e. The SMILES string of the molecule is CC(CN)C(=O)N1CCN(C(=O)c2cccc(Cl)c2Cl)CC1. The highest BCUT2D eigenvalue weighted by molar-refractivity contribution is 6.43. The minimum absolute atomic E-state index is 0.0374. The van der Waals surface area contributed by atoms with Crippen LogP contribution in [0.15, 0.2) is 18.2 Å². The topological polar surface area (TPSA) is 66.6 Å². The number of piperazine rings is 1. The van der Waals surface area contributed by atoms with Gasteiger partial charge in [0.15, 0.2) is 0 Å². The summed E-state index contributed by atoms with van der Waals surface area (Å²) in [4.78, 5) is 28.0. The molecule has 22 heavy (non-hydrogen) atoms. The summed E-state index contributed by atoms with van der Waals surface area (Å²) >= 11 is 12.0. The molecular formula is C15H19Cl2N3O2. The van der Waals surface area contributed by atoms with Crippen LogP contribution in [-0.2, 0) is 4.79 Å². The van der Waals surface area contributed by atoms with E-state index in [0.717, 1.165) is 0 Å². The van der Waals surface area contributed by atoms with Gasteiger partial charge in [0.05, 0.1) is 15.6 Å². The van der Waals surface area contributed by atoms with Crippen molar-refractivity contribution in [3.8, 4) is 0 Å².